The predicted octanol–water partition coefficient (Wildman–Crippen LogP) is 4.55. The Morgan fingerprint density at radius 3 is 2.24 bits per heavy atom. The second-order valence-corrected chi connectivity index (χ2v) is 7.53. The van der Waals surface area contributed by atoms with Gasteiger partial charge in [-0.1, -0.05) is 38.1 Å². The fourth-order valence-electron chi connectivity index (χ4n) is 2.94. The van der Waals surface area contributed by atoms with E-state index in [1.54, 1.807) is 0 Å². The molecular formula is C24H22F2N2O5. The smallest absolute Gasteiger partial charge is 0.274 e. The SMILES string of the molecule is CC(C)c1ccc(COc2c(O)cc(/C=N/NC(=O)c3ccc(O)c(F)c3F)cc2O)cc1. The molecule has 0 saturated heterocycles. The Morgan fingerprint density at radius 1 is 1.00 bits per heavy atom. The van der Waals surface area contributed by atoms with Crippen molar-refractivity contribution >= 4 is 12.1 Å². The largest absolute Gasteiger partial charge is 0.505 e. The van der Waals surface area contributed by atoms with Gasteiger partial charge in [-0.25, -0.2) is 9.82 Å². The second-order valence-electron chi connectivity index (χ2n) is 7.53. The van der Waals surface area contributed by atoms with Gasteiger partial charge in [0, 0.05) is 5.56 Å². The van der Waals surface area contributed by atoms with Gasteiger partial charge in [0.1, 0.15) is 6.61 Å². The summed E-state index contributed by atoms with van der Waals surface area (Å²) in [7, 11) is 0. The van der Waals surface area contributed by atoms with Crippen LogP contribution in [0, 0.1) is 11.6 Å². The van der Waals surface area contributed by atoms with Gasteiger partial charge in [-0.3, -0.25) is 4.79 Å². The molecule has 9 heteroatoms. The molecule has 0 unspecified atom stereocenters. The lowest BCUT2D eigenvalue weighted by atomic mass is 10.0. The monoisotopic (exact) mass is 456 g/mol. The number of benzene rings is 3. The summed E-state index contributed by atoms with van der Waals surface area (Å²) in [4.78, 5) is 12.0. The molecule has 0 aliphatic heterocycles. The first-order valence-electron chi connectivity index (χ1n) is 9.95. The summed E-state index contributed by atoms with van der Waals surface area (Å²) in [5.74, 6) is -5.47. The van der Waals surface area contributed by atoms with E-state index in [1.165, 1.54) is 17.7 Å². The van der Waals surface area contributed by atoms with E-state index in [0.29, 0.717) is 5.92 Å². The summed E-state index contributed by atoms with van der Waals surface area (Å²) in [5.41, 5.74) is 3.58. The summed E-state index contributed by atoms with van der Waals surface area (Å²) < 4.78 is 32.6. The summed E-state index contributed by atoms with van der Waals surface area (Å²) in [5, 5.41) is 33.1. The molecule has 1 amide bonds. The highest BCUT2D eigenvalue weighted by Crippen LogP contribution is 2.37. The quantitative estimate of drug-likeness (QED) is 0.308. The highest BCUT2D eigenvalue weighted by atomic mass is 19.2. The number of ether oxygens (including phenoxy) is 1. The van der Waals surface area contributed by atoms with E-state index < -0.39 is 28.9 Å². The molecule has 0 aliphatic rings. The number of hydrazone groups is 1. The van der Waals surface area contributed by atoms with Crippen LogP contribution in [0.15, 0.2) is 53.6 Å². The first-order valence-corrected chi connectivity index (χ1v) is 9.95. The van der Waals surface area contributed by atoms with Crippen LogP contribution in [0.1, 0.15) is 46.8 Å². The molecular weight excluding hydrogens is 434 g/mol. The van der Waals surface area contributed by atoms with Gasteiger partial charge in [-0.2, -0.15) is 9.49 Å². The molecule has 0 saturated carbocycles. The summed E-state index contributed by atoms with van der Waals surface area (Å²) in [6, 6.07) is 12.0. The van der Waals surface area contributed by atoms with Crippen molar-refractivity contribution in [1.29, 1.82) is 0 Å². The Labute approximate surface area is 188 Å². The summed E-state index contributed by atoms with van der Waals surface area (Å²) in [6.07, 6.45) is 1.08. The van der Waals surface area contributed by atoms with Crippen molar-refractivity contribution in [3.63, 3.8) is 0 Å². The molecule has 0 fully saturated rings. The molecule has 7 nitrogen and oxygen atoms in total. The van der Waals surface area contributed by atoms with Crippen molar-refractivity contribution in [2.75, 3.05) is 0 Å². The molecule has 172 valence electrons. The van der Waals surface area contributed by atoms with Crippen LogP contribution in [0.2, 0.25) is 0 Å². The maximum atomic E-state index is 13.7. The number of rotatable bonds is 7. The number of carbonyl (C=O) groups excluding carboxylic acids is 1. The molecule has 0 radical (unpaired) electrons. The van der Waals surface area contributed by atoms with Gasteiger partial charge in [0.15, 0.2) is 23.1 Å². The fraction of sp³-hybridized carbons (Fsp3) is 0.167. The number of halogens is 2. The maximum Gasteiger partial charge on any atom is 0.274 e. The fourth-order valence-corrected chi connectivity index (χ4v) is 2.94. The minimum atomic E-state index is -1.55. The number of hydrogen-bond donors (Lipinski definition) is 4. The molecule has 0 bridgehead atoms. The zero-order valence-corrected chi connectivity index (χ0v) is 17.8. The van der Waals surface area contributed by atoms with Crippen molar-refractivity contribution in [3.05, 3.63) is 82.4 Å². The maximum absolute atomic E-state index is 13.7. The Bertz CT molecular complexity index is 1170. The van der Waals surface area contributed by atoms with E-state index in [-0.39, 0.29) is 29.4 Å². The molecule has 3 aromatic rings. The lowest BCUT2D eigenvalue weighted by molar-refractivity contribution is 0.0950. The topological polar surface area (TPSA) is 111 Å². The normalized spacial score (nSPS) is 11.2. The van der Waals surface area contributed by atoms with E-state index in [1.807, 2.05) is 29.7 Å². The van der Waals surface area contributed by atoms with Crippen LogP contribution in [-0.2, 0) is 6.61 Å². The molecule has 0 heterocycles. The zero-order chi connectivity index (χ0) is 24.1. The van der Waals surface area contributed by atoms with Crippen molar-refractivity contribution < 1.29 is 33.6 Å². The van der Waals surface area contributed by atoms with Crippen LogP contribution in [0.5, 0.6) is 23.0 Å². The molecule has 3 rings (SSSR count). The van der Waals surface area contributed by atoms with Crippen LogP contribution in [0.25, 0.3) is 0 Å². The first kappa shape index (κ1) is 23.5. The summed E-state index contributed by atoms with van der Waals surface area (Å²) >= 11 is 0. The van der Waals surface area contributed by atoms with Crippen molar-refractivity contribution in [3.8, 4) is 23.0 Å². The Morgan fingerprint density at radius 2 is 1.64 bits per heavy atom. The van der Waals surface area contributed by atoms with E-state index >= 15 is 0 Å². The van der Waals surface area contributed by atoms with Gasteiger partial charge in [-0.05, 0) is 41.3 Å². The molecule has 0 atom stereocenters. The van der Waals surface area contributed by atoms with Gasteiger partial charge in [0.25, 0.3) is 5.91 Å². The lowest BCUT2D eigenvalue weighted by Gasteiger charge is -2.12. The van der Waals surface area contributed by atoms with E-state index in [2.05, 4.69) is 18.9 Å². The number of phenolic OH excluding ortho intramolecular Hbond substituents is 3. The van der Waals surface area contributed by atoms with Crippen molar-refractivity contribution in [1.82, 2.24) is 5.43 Å². The van der Waals surface area contributed by atoms with Gasteiger partial charge < -0.3 is 20.1 Å². The Hall–Kier alpha value is -4.14. The second kappa shape index (κ2) is 9.99. The van der Waals surface area contributed by atoms with Crippen LogP contribution < -0.4 is 10.2 Å². The zero-order valence-electron chi connectivity index (χ0n) is 17.8. The van der Waals surface area contributed by atoms with Crippen LogP contribution in [-0.4, -0.2) is 27.4 Å². The standard InChI is InChI=1S/C24H22F2N2O5/c1-13(2)16-5-3-14(4-6-16)12-33-23-19(30)9-15(10-20(23)31)11-27-28-24(32)17-7-8-18(29)22(26)21(17)25/h3-11,13,29-31H,12H2,1-2H3,(H,28,32)/b27-11+. The Balaban J connectivity index is 1.65. The van der Waals surface area contributed by atoms with E-state index in [9.17, 15) is 23.8 Å². The highest BCUT2D eigenvalue weighted by molar-refractivity contribution is 5.95. The van der Waals surface area contributed by atoms with Gasteiger partial charge >= 0.3 is 0 Å². The number of nitrogens with zero attached hydrogens (tertiary/aromatic N) is 1. The van der Waals surface area contributed by atoms with Gasteiger partial charge in [0.05, 0.1) is 11.8 Å². The molecule has 3 aromatic carbocycles. The van der Waals surface area contributed by atoms with E-state index in [4.69, 9.17) is 9.84 Å². The van der Waals surface area contributed by atoms with Gasteiger partial charge in [0.2, 0.25) is 11.6 Å². The highest BCUT2D eigenvalue weighted by Gasteiger charge is 2.18. The molecule has 33 heavy (non-hydrogen) atoms. The number of aromatic hydroxyl groups is 3. The third kappa shape index (κ3) is 5.57. The molecule has 4 N–H and O–H groups in total. The number of carbonyl (C=O) groups is 1. The number of nitrogens with one attached hydrogen (secondary N) is 1. The molecule has 0 aromatic heterocycles. The summed E-state index contributed by atoms with van der Waals surface area (Å²) in [6.45, 7) is 4.30. The van der Waals surface area contributed by atoms with Gasteiger partial charge in [-0.15, -0.1) is 0 Å². The average Bonchev–Trinajstić information content (AvgIpc) is 2.77. The number of hydrogen-bond acceptors (Lipinski definition) is 6. The Kier molecular flexibility index (Phi) is 7.12. The first-order chi connectivity index (χ1) is 15.7. The minimum absolute atomic E-state index is 0.120. The average molecular weight is 456 g/mol. The number of amides is 1. The van der Waals surface area contributed by atoms with E-state index in [0.717, 1.165) is 23.9 Å². The molecule has 0 spiro atoms. The van der Waals surface area contributed by atoms with Crippen LogP contribution >= 0.6 is 0 Å². The predicted molar refractivity (Wildman–Crippen MR) is 118 cm³/mol. The van der Waals surface area contributed by atoms with Crippen LogP contribution in [0.4, 0.5) is 8.78 Å². The van der Waals surface area contributed by atoms with Crippen molar-refractivity contribution in [2.24, 2.45) is 5.10 Å². The number of phenols is 3. The minimum Gasteiger partial charge on any atom is -0.505 e. The third-order valence-corrected chi connectivity index (χ3v) is 4.79. The third-order valence-electron chi connectivity index (χ3n) is 4.79. The molecule has 0 aliphatic carbocycles. The van der Waals surface area contributed by atoms with Crippen LogP contribution in [0.3, 0.4) is 0 Å². The lowest BCUT2D eigenvalue weighted by Crippen LogP contribution is -2.19. The van der Waals surface area contributed by atoms with Crippen molar-refractivity contribution in [2.45, 2.75) is 26.4 Å².